The summed E-state index contributed by atoms with van der Waals surface area (Å²) in [4.78, 5) is 27.3. The van der Waals surface area contributed by atoms with E-state index < -0.39 is 0 Å². The van der Waals surface area contributed by atoms with Crippen LogP contribution in [0.4, 0.5) is 4.39 Å². The second-order valence-electron chi connectivity index (χ2n) is 11.3. The lowest BCUT2D eigenvalue weighted by molar-refractivity contribution is 0.0652. The van der Waals surface area contributed by atoms with E-state index in [-0.39, 0.29) is 11.7 Å². The number of likely N-dealkylation sites (tertiary alicyclic amines) is 1. The molecule has 36 heavy (non-hydrogen) atoms. The van der Waals surface area contributed by atoms with Crippen molar-refractivity contribution in [1.82, 2.24) is 19.9 Å². The van der Waals surface area contributed by atoms with Gasteiger partial charge in [-0.25, -0.2) is 9.37 Å². The number of halogens is 1. The van der Waals surface area contributed by atoms with E-state index in [0.29, 0.717) is 29.6 Å². The first-order valence-electron chi connectivity index (χ1n) is 13.4. The average molecular weight is 483 g/mol. The molecule has 4 aromatic rings. The van der Waals surface area contributed by atoms with E-state index in [1.807, 2.05) is 29.3 Å². The molecule has 1 amide bonds. The van der Waals surface area contributed by atoms with Crippen molar-refractivity contribution in [3.63, 3.8) is 0 Å². The maximum atomic E-state index is 14.0. The van der Waals surface area contributed by atoms with Gasteiger partial charge in [-0.1, -0.05) is 6.92 Å². The van der Waals surface area contributed by atoms with Crippen molar-refractivity contribution in [2.45, 2.75) is 44.9 Å². The van der Waals surface area contributed by atoms with Gasteiger partial charge < -0.3 is 9.88 Å². The number of imidazole rings is 1. The molecule has 1 saturated heterocycles. The van der Waals surface area contributed by atoms with Gasteiger partial charge in [-0.15, -0.1) is 0 Å². The van der Waals surface area contributed by atoms with Gasteiger partial charge in [0.15, 0.2) is 0 Å². The highest BCUT2D eigenvalue weighted by atomic mass is 19.1. The number of aromatic nitrogens is 3. The van der Waals surface area contributed by atoms with E-state index in [0.717, 1.165) is 59.3 Å². The van der Waals surface area contributed by atoms with Crippen molar-refractivity contribution >= 4 is 27.8 Å². The van der Waals surface area contributed by atoms with Crippen LogP contribution in [0.15, 0.2) is 48.7 Å². The molecule has 0 radical (unpaired) electrons. The van der Waals surface area contributed by atoms with Crippen LogP contribution in [0.3, 0.4) is 0 Å². The van der Waals surface area contributed by atoms with Gasteiger partial charge in [-0.05, 0) is 103 Å². The van der Waals surface area contributed by atoms with Crippen molar-refractivity contribution in [1.29, 1.82) is 0 Å². The van der Waals surface area contributed by atoms with E-state index in [1.165, 1.54) is 30.9 Å². The lowest BCUT2D eigenvalue weighted by atomic mass is 9.73. The highest BCUT2D eigenvalue weighted by molar-refractivity contribution is 5.97. The third-order valence-corrected chi connectivity index (χ3v) is 9.22. The Morgan fingerprint density at radius 1 is 1.08 bits per heavy atom. The number of nitrogens with zero attached hydrogens (tertiary/aromatic N) is 3. The van der Waals surface area contributed by atoms with E-state index in [4.69, 9.17) is 4.98 Å². The van der Waals surface area contributed by atoms with Crippen LogP contribution in [0.5, 0.6) is 0 Å². The molecule has 2 bridgehead atoms. The minimum atomic E-state index is -0.186. The number of benzene rings is 2. The molecule has 1 aliphatic heterocycles. The number of hydrogen-bond donors (Lipinski definition) is 1. The van der Waals surface area contributed by atoms with Gasteiger partial charge in [0.2, 0.25) is 0 Å². The maximum Gasteiger partial charge on any atom is 0.253 e. The zero-order valence-corrected chi connectivity index (χ0v) is 20.6. The van der Waals surface area contributed by atoms with Crippen LogP contribution in [-0.4, -0.2) is 38.8 Å². The SMILES string of the molecule is CC(Cc1nc2cc(C(=O)N3CCC3)ccc2[nH]1)C1CC2CC1CC2c1ccnc2ccc(F)cc12. The number of carbonyl (C=O) groups excluding carboxylic acids is 1. The highest BCUT2D eigenvalue weighted by Gasteiger charge is 2.48. The summed E-state index contributed by atoms with van der Waals surface area (Å²) in [7, 11) is 0. The normalized spacial score (nSPS) is 26.0. The summed E-state index contributed by atoms with van der Waals surface area (Å²) < 4.78 is 14.0. The third kappa shape index (κ3) is 3.61. The summed E-state index contributed by atoms with van der Waals surface area (Å²) in [5.41, 5.74) is 4.78. The Hall–Kier alpha value is -3.28. The summed E-state index contributed by atoms with van der Waals surface area (Å²) in [6.07, 6.45) is 7.57. The molecule has 2 aromatic carbocycles. The first-order valence-corrected chi connectivity index (χ1v) is 13.4. The molecule has 5 unspecified atom stereocenters. The molecule has 3 aliphatic rings. The molecule has 3 heterocycles. The lowest BCUT2D eigenvalue weighted by Crippen LogP contribution is -2.41. The van der Waals surface area contributed by atoms with Gasteiger partial charge in [-0.2, -0.15) is 0 Å². The van der Waals surface area contributed by atoms with E-state index in [1.54, 1.807) is 12.1 Å². The minimum absolute atomic E-state index is 0.113. The number of pyridine rings is 1. The summed E-state index contributed by atoms with van der Waals surface area (Å²) >= 11 is 0. The fourth-order valence-electron chi connectivity index (χ4n) is 7.31. The second kappa shape index (κ2) is 8.39. The molecule has 5 nitrogen and oxygen atoms in total. The van der Waals surface area contributed by atoms with Crippen LogP contribution in [-0.2, 0) is 6.42 Å². The molecule has 2 saturated carbocycles. The summed E-state index contributed by atoms with van der Waals surface area (Å²) in [6.45, 7) is 4.08. The number of aromatic amines is 1. The largest absolute Gasteiger partial charge is 0.342 e. The fourth-order valence-corrected chi connectivity index (χ4v) is 7.31. The Balaban J connectivity index is 1.06. The Kier molecular flexibility index (Phi) is 5.12. The minimum Gasteiger partial charge on any atom is -0.342 e. The number of amides is 1. The van der Waals surface area contributed by atoms with E-state index in [9.17, 15) is 9.18 Å². The maximum absolute atomic E-state index is 14.0. The Morgan fingerprint density at radius 2 is 1.97 bits per heavy atom. The smallest absolute Gasteiger partial charge is 0.253 e. The standard InChI is InChI=1S/C30H31FN4O/c1-17(11-29-33-27-5-3-18(15-28(27)34-29)30(36)35-9-2-10-35)23-13-20-12-19(23)14-24(20)22-7-8-32-26-6-4-21(31)16-25(22)26/h3-8,15-17,19-20,23-24H,2,9-14H2,1H3,(H,33,34). The van der Waals surface area contributed by atoms with Crippen LogP contribution < -0.4 is 0 Å². The monoisotopic (exact) mass is 482 g/mol. The van der Waals surface area contributed by atoms with Crippen LogP contribution in [0.25, 0.3) is 21.9 Å². The molecule has 3 fully saturated rings. The first-order chi connectivity index (χ1) is 17.5. The van der Waals surface area contributed by atoms with Crippen molar-refractivity contribution in [3.05, 3.63) is 71.4 Å². The Morgan fingerprint density at radius 3 is 2.75 bits per heavy atom. The molecule has 184 valence electrons. The van der Waals surface area contributed by atoms with Crippen LogP contribution in [0, 0.1) is 29.5 Å². The predicted molar refractivity (Wildman–Crippen MR) is 138 cm³/mol. The molecule has 7 rings (SSSR count). The van der Waals surface area contributed by atoms with Gasteiger partial charge in [-0.3, -0.25) is 9.78 Å². The van der Waals surface area contributed by atoms with E-state index >= 15 is 0 Å². The Labute approximate surface area is 210 Å². The number of nitrogens with one attached hydrogen (secondary N) is 1. The van der Waals surface area contributed by atoms with E-state index in [2.05, 4.69) is 23.0 Å². The topological polar surface area (TPSA) is 61.9 Å². The first kappa shape index (κ1) is 22.0. The molecule has 6 heteroatoms. The molecule has 5 atom stereocenters. The molecule has 2 aromatic heterocycles. The van der Waals surface area contributed by atoms with Gasteiger partial charge in [0, 0.05) is 36.7 Å². The Bertz CT molecular complexity index is 1470. The summed E-state index contributed by atoms with van der Waals surface area (Å²) in [6, 6.07) is 12.9. The number of fused-ring (bicyclic) bond motifs is 4. The number of carbonyl (C=O) groups is 1. The fraction of sp³-hybridized carbons (Fsp3) is 0.433. The van der Waals surface area contributed by atoms with Crippen LogP contribution >= 0.6 is 0 Å². The van der Waals surface area contributed by atoms with Gasteiger partial charge in [0.1, 0.15) is 11.6 Å². The van der Waals surface area contributed by atoms with Gasteiger partial charge >= 0.3 is 0 Å². The van der Waals surface area contributed by atoms with Crippen molar-refractivity contribution < 1.29 is 9.18 Å². The molecule has 1 N–H and O–H groups in total. The van der Waals surface area contributed by atoms with Crippen molar-refractivity contribution in [2.24, 2.45) is 23.7 Å². The van der Waals surface area contributed by atoms with Crippen molar-refractivity contribution in [3.8, 4) is 0 Å². The molecule has 2 aliphatic carbocycles. The number of H-pyrrole nitrogens is 1. The summed E-state index contributed by atoms with van der Waals surface area (Å²) in [5, 5.41) is 0.980. The molecule has 0 spiro atoms. The zero-order chi connectivity index (χ0) is 24.4. The summed E-state index contributed by atoms with van der Waals surface area (Å²) in [5.74, 6) is 4.03. The molecular weight excluding hydrogens is 451 g/mol. The second-order valence-corrected chi connectivity index (χ2v) is 11.3. The van der Waals surface area contributed by atoms with Gasteiger partial charge in [0.25, 0.3) is 5.91 Å². The highest BCUT2D eigenvalue weighted by Crippen LogP contribution is 2.58. The van der Waals surface area contributed by atoms with Crippen molar-refractivity contribution in [2.75, 3.05) is 13.1 Å². The quantitative estimate of drug-likeness (QED) is 0.374. The average Bonchev–Trinajstić information content (AvgIpc) is 3.55. The third-order valence-electron chi connectivity index (χ3n) is 9.22. The predicted octanol–water partition coefficient (Wildman–Crippen LogP) is 6.10. The van der Waals surface area contributed by atoms with Crippen LogP contribution in [0.1, 0.15) is 60.3 Å². The number of hydrogen-bond acceptors (Lipinski definition) is 3. The lowest BCUT2D eigenvalue weighted by Gasteiger charge is -2.32. The number of rotatable bonds is 5. The molecular formula is C30H31FN4O. The van der Waals surface area contributed by atoms with Crippen LogP contribution in [0.2, 0.25) is 0 Å². The van der Waals surface area contributed by atoms with Gasteiger partial charge in [0.05, 0.1) is 16.6 Å². The zero-order valence-electron chi connectivity index (χ0n) is 20.6.